The van der Waals surface area contributed by atoms with Crippen molar-refractivity contribution >= 4 is 175 Å². The first-order chi connectivity index (χ1) is 71.2. The number of thiazole rings is 2. The van der Waals surface area contributed by atoms with E-state index in [2.05, 4.69) is 555 Å². The molecule has 0 bridgehead atoms. The topological polar surface area (TPSA) is 64.5 Å². The summed E-state index contributed by atoms with van der Waals surface area (Å²) in [5.41, 5.74) is 33.2. The molecular weight excluding hydrogens is 1790 g/mol. The molecule has 0 aliphatic rings. The third-order valence-electron chi connectivity index (χ3n) is 27.5. The lowest BCUT2D eigenvalue weighted by molar-refractivity contribution is 1.21. The zero-order valence-corrected chi connectivity index (χ0v) is 80.7. The molecule has 4 aromatic heterocycles. The molecule has 0 spiro atoms. The lowest BCUT2D eigenvalue weighted by Crippen LogP contribution is -2.12. The Labute approximate surface area is 844 Å². The van der Waals surface area contributed by atoms with Crippen molar-refractivity contribution in [2.24, 2.45) is 0 Å². The highest BCUT2D eigenvalue weighted by Gasteiger charge is 2.29. The standard InChI is InChI=1S/C70H50N4.C64H42N4S2/c1-47-21-35-57(36-22-47)73(67-43-33-53-17-9-11-19-65(53)71-67)59-39-41-61-63(45-59)69(55-29-25-51(26-30-55)49-13-5-3-6-14-49)62-42-40-60(46-64(62)70(61)56-31-27-52(28-32-56)50-15-7-4-8-16-50)74(58-37-23-48(2)24-38-58)68-44-34-54-18-10-12-20-66(54)72-68;1-5-17-43(18-6-1)45-29-33-47(34-30-45)61-53-39-37-52(68(50-23-11-4-12-24-50)64-66-58-26-14-16-28-60(58)70-64)42-56(53)62(48-35-31-46(32-36-48)44-19-7-2-8-20-44)54-40-38-51(41-55(54)61)67(49-21-9-3-10-22-49)63-65-57-25-13-15-27-59(57)69-63/h3-46H,1-2H3;1-42H. The molecular formula is C134H92N8S2. The van der Waals surface area contributed by atoms with Gasteiger partial charge in [0.1, 0.15) is 11.6 Å². The molecule has 144 heavy (non-hydrogen) atoms. The van der Waals surface area contributed by atoms with Gasteiger partial charge in [0.25, 0.3) is 0 Å². The molecule has 680 valence electrons. The van der Waals surface area contributed by atoms with E-state index in [1.807, 2.05) is 0 Å². The van der Waals surface area contributed by atoms with E-state index in [1.165, 1.54) is 66.8 Å². The van der Waals surface area contributed by atoms with Crippen molar-refractivity contribution in [1.82, 2.24) is 19.9 Å². The molecule has 26 aromatic rings. The molecule has 0 amide bonds. The van der Waals surface area contributed by atoms with E-state index in [0.717, 1.165) is 186 Å². The minimum Gasteiger partial charge on any atom is -0.295 e. The molecule has 4 heterocycles. The van der Waals surface area contributed by atoms with Gasteiger partial charge in [-0.05, 0) is 304 Å². The van der Waals surface area contributed by atoms with Gasteiger partial charge in [0, 0.05) is 56.3 Å². The maximum atomic E-state index is 5.31. The number of para-hydroxylation sites is 6. The largest absolute Gasteiger partial charge is 0.295 e. The molecule has 26 rings (SSSR count). The first-order valence-electron chi connectivity index (χ1n) is 48.8. The van der Waals surface area contributed by atoms with Crippen molar-refractivity contribution in [3.05, 3.63) is 533 Å². The summed E-state index contributed by atoms with van der Waals surface area (Å²) in [7, 11) is 0. The Kier molecular flexibility index (Phi) is 23.1. The van der Waals surface area contributed by atoms with Crippen LogP contribution in [0.5, 0.6) is 0 Å². The summed E-state index contributed by atoms with van der Waals surface area (Å²) in [5.74, 6) is 1.70. The highest BCUT2D eigenvalue weighted by molar-refractivity contribution is 7.22. The molecule has 0 saturated heterocycles. The van der Waals surface area contributed by atoms with Crippen molar-refractivity contribution in [3.8, 4) is 89.0 Å². The molecule has 0 unspecified atom stereocenters. The number of anilines is 12. The average Bonchev–Trinajstić information content (AvgIpc) is 0.742. The van der Waals surface area contributed by atoms with Crippen molar-refractivity contribution in [3.63, 3.8) is 0 Å². The van der Waals surface area contributed by atoms with Crippen LogP contribution in [0.3, 0.4) is 0 Å². The number of hydrogen-bond acceptors (Lipinski definition) is 10. The van der Waals surface area contributed by atoms with Gasteiger partial charge in [-0.3, -0.25) is 19.6 Å². The van der Waals surface area contributed by atoms with Crippen LogP contribution in [0.1, 0.15) is 11.1 Å². The van der Waals surface area contributed by atoms with Gasteiger partial charge in [0.15, 0.2) is 10.3 Å². The van der Waals surface area contributed by atoms with Gasteiger partial charge in [0.05, 0.1) is 31.5 Å². The summed E-state index contributed by atoms with van der Waals surface area (Å²) in [6.45, 7) is 4.27. The quantitative estimate of drug-likeness (QED) is 0.0700. The smallest absolute Gasteiger partial charge is 0.195 e. The van der Waals surface area contributed by atoms with Crippen LogP contribution in [0.4, 0.5) is 67.4 Å². The van der Waals surface area contributed by atoms with Gasteiger partial charge >= 0.3 is 0 Å². The van der Waals surface area contributed by atoms with E-state index in [1.54, 1.807) is 22.7 Å². The summed E-state index contributed by atoms with van der Waals surface area (Å²) in [4.78, 5) is 30.3. The maximum absolute atomic E-state index is 5.31. The van der Waals surface area contributed by atoms with E-state index in [-0.39, 0.29) is 0 Å². The highest BCUT2D eigenvalue weighted by atomic mass is 32.1. The third kappa shape index (κ3) is 16.9. The normalized spacial score (nSPS) is 11.4. The van der Waals surface area contributed by atoms with E-state index in [4.69, 9.17) is 19.9 Å². The lowest BCUT2D eigenvalue weighted by Gasteiger charge is -2.27. The number of rotatable bonds is 20. The zero-order chi connectivity index (χ0) is 95.9. The summed E-state index contributed by atoms with van der Waals surface area (Å²) in [6, 6.07) is 188. The van der Waals surface area contributed by atoms with Crippen LogP contribution in [0.2, 0.25) is 0 Å². The first-order valence-corrected chi connectivity index (χ1v) is 50.4. The monoisotopic (exact) mass is 1880 g/mol. The van der Waals surface area contributed by atoms with Crippen molar-refractivity contribution < 1.29 is 0 Å². The molecule has 0 aliphatic heterocycles. The van der Waals surface area contributed by atoms with Gasteiger partial charge < -0.3 is 0 Å². The average molecular weight is 1880 g/mol. The van der Waals surface area contributed by atoms with E-state index < -0.39 is 0 Å². The van der Waals surface area contributed by atoms with Crippen LogP contribution in [0.25, 0.3) is 174 Å². The number of pyridine rings is 2. The fourth-order valence-corrected chi connectivity index (χ4v) is 22.4. The first kappa shape index (κ1) is 87.2. The molecule has 8 nitrogen and oxygen atoms in total. The van der Waals surface area contributed by atoms with Crippen molar-refractivity contribution in [2.75, 3.05) is 19.6 Å². The minimum atomic E-state index is 0.848. The van der Waals surface area contributed by atoms with Gasteiger partial charge in [-0.2, -0.15) is 0 Å². The predicted octanol–water partition coefficient (Wildman–Crippen LogP) is 38.1. The number of hydrogen-bond donors (Lipinski definition) is 0. The van der Waals surface area contributed by atoms with E-state index >= 15 is 0 Å². The van der Waals surface area contributed by atoms with E-state index in [9.17, 15) is 0 Å². The molecule has 22 aromatic carbocycles. The highest BCUT2D eigenvalue weighted by Crippen LogP contribution is 2.54. The van der Waals surface area contributed by atoms with Crippen LogP contribution in [-0.2, 0) is 0 Å². The molecule has 0 saturated carbocycles. The fourth-order valence-electron chi connectivity index (χ4n) is 20.4. The van der Waals surface area contributed by atoms with Crippen LogP contribution in [0, 0.1) is 13.8 Å². The summed E-state index contributed by atoms with van der Waals surface area (Å²) in [6.07, 6.45) is 0. The van der Waals surface area contributed by atoms with Crippen LogP contribution >= 0.6 is 22.7 Å². The molecule has 0 atom stereocenters. The van der Waals surface area contributed by atoms with E-state index in [0.29, 0.717) is 0 Å². The Morgan fingerprint density at radius 1 is 0.160 bits per heavy atom. The van der Waals surface area contributed by atoms with Crippen molar-refractivity contribution in [2.45, 2.75) is 13.8 Å². The van der Waals surface area contributed by atoms with Crippen LogP contribution < -0.4 is 19.6 Å². The number of aryl methyl sites for hydroxylation is 2. The number of nitrogens with zero attached hydrogens (tertiary/aromatic N) is 8. The molecule has 10 heteroatoms. The van der Waals surface area contributed by atoms with Gasteiger partial charge in [-0.15, -0.1) is 0 Å². The second-order valence-corrected chi connectivity index (χ2v) is 38.5. The number of aromatic nitrogens is 4. The molecule has 0 fully saturated rings. The Morgan fingerprint density at radius 3 is 0.681 bits per heavy atom. The SMILES string of the molecule is Cc1ccc(N(c2ccc3c(-c4ccc(-c5ccccc5)cc4)c4cc(N(c5ccc(C)cc5)c5ccc6ccccc6n5)ccc4c(-c4ccc(-c5ccccc5)cc4)c3c2)c2ccc3ccccc3n2)cc1.c1ccc(-c2ccc(-c3c4ccc(N(c5ccccc5)c5nc6ccccc6s5)cc4c(-c4ccc(-c5ccccc5)cc4)c4ccc(N(c5ccccc5)c5nc6ccccc6s5)cc34)cc2)cc1. The Bertz CT molecular complexity index is 8630. The zero-order valence-electron chi connectivity index (χ0n) is 79.0. The summed E-state index contributed by atoms with van der Waals surface area (Å²) in [5, 5.41) is 13.2. The van der Waals surface area contributed by atoms with Crippen molar-refractivity contribution in [1.29, 1.82) is 0 Å². The predicted molar refractivity (Wildman–Crippen MR) is 612 cm³/mol. The Morgan fingerprint density at radius 2 is 0.389 bits per heavy atom. The second kappa shape index (κ2) is 38.1. The molecule has 0 aliphatic carbocycles. The number of fused-ring (bicyclic) bond motifs is 8. The minimum absolute atomic E-state index is 0.848. The Balaban J connectivity index is 0.000000151. The summed E-state index contributed by atoms with van der Waals surface area (Å²) >= 11 is 3.42. The fraction of sp³-hybridized carbons (Fsp3) is 0.0149. The van der Waals surface area contributed by atoms with Gasteiger partial charge in [-0.1, -0.05) is 398 Å². The summed E-state index contributed by atoms with van der Waals surface area (Å²) < 4.78 is 2.30. The van der Waals surface area contributed by atoms with Crippen LogP contribution in [0.15, 0.2) is 522 Å². The second-order valence-electron chi connectivity index (χ2n) is 36.5. The third-order valence-corrected chi connectivity index (χ3v) is 29.6. The van der Waals surface area contributed by atoms with Gasteiger partial charge in [0.2, 0.25) is 0 Å². The molecule has 0 N–H and O–H groups in total. The molecule has 0 radical (unpaired) electrons. The Hall–Kier alpha value is -18.3. The maximum Gasteiger partial charge on any atom is 0.195 e. The lowest BCUT2D eigenvalue weighted by atomic mass is 9.84. The van der Waals surface area contributed by atoms with Gasteiger partial charge in [-0.25, -0.2) is 19.9 Å². The number of benzene rings is 22. The van der Waals surface area contributed by atoms with Crippen LogP contribution in [-0.4, -0.2) is 19.9 Å².